The molecule has 7 nitrogen and oxygen atoms in total. The molecule has 0 radical (unpaired) electrons. The molecule has 0 aromatic heterocycles. The number of benzene rings is 2. The Morgan fingerprint density at radius 3 is 2.37 bits per heavy atom. The van der Waals surface area contributed by atoms with Gasteiger partial charge in [0.1, 0.15) is 0 Å². The van der Waals surface area contributed by atoms with Crippen LogP contribution in [0.25, 0.3) is 0 Å². The molecule has 1 amide bonds. The molecule has 1 saturated carbocycles. The van der Waals surface area contributed by atoms with Crippen LogP contribution >= 0.6 is 15.9 Å². The molecular weight excluding hydrogens is 472 g/mol. The molecule has 3 rings (SSSR count). The van der Waals surface area contributed by atoms with E-state index >= 15 is 0 Å². The molecule has 9 heteroatoms. The fourth-order valence-corrected chi connectivity index (χ4v) is 4.55. The number of sulfonamides is 1. The molecule has 1 fully saturated rings. The normalized spacial score (nSPS) is 14.9. The van der Waals surface area contributed by atoms with Gasteiger partial charge < -0.3 is 9.64 Å². The van der Waals surface area contributed by atoms with E-state index in [-0.39, 0.29) is 22.4 Å². The number of primary sulfonamides is 1. The molecule has 0 bridgehead atoms. The van der Waals surface area contributed by atoms with E-state index in [1.807, 2.05) is 30.3 Å². The van der Waals surface area contributed by atoms with Crippen LogP contribution in [0.5, 0.6) is 0 Å². The van der Waals surface area contributed by atoms with E-state index in [9.17, 15) is 18.0 Å². The maximum absolute atomic E-state index is 13.0. The van der Waals surface area contributed by atoms with Gasteiger partial charge in [0.2, 0.25) is 10.0 Å². The third-order valence-electron chi connectivity index (χ3n) is 5.06. The van der Waals surface area contributed by atoms with E-state index in [1.54, 1.807) is 4.90 Å². The van der Waals surface area contributed by atoms with Gasteiger partial charge in [0.25, 0.3) is 5.91 Å². The fourth-order valence-electron chi connectivity index (χ4n) is 3.60. The highest BCUT2D eigenvalue weighted by Crippen LogP contribution is 2.28. The summed E-state index contributed by atoms with van der Waals surface area (Å²) in [4.78, 5) is 27.0. The summed E-state index contributed by atoms with van der Waals surface area (Å²) in [5, 5.41) is 5.13. The number of hydrogen-bond donors (Lipinski definition) is 1. The van der Waals surface area contributed by atoms with Crippen molar-refractivity contribution in [1.82, 2.24) is 0 Å². The molecule has 30 heavy (non-hydrogen) atoms. The molecule has 0 aliphatic heterocycles. The van der Waals surface area contributed by atoms with E-state index in [0.717, 1.165) is 43.9 Å². The summed E-state index contributed by atoms with van der Waals surface area (Å²) in [5.41, 5.74) is 0.751. The van der Waals surface area contributed by atoms with Gasteiger partial charge in [-0.3, -0.25) is 4.79 Å². The fraction of sp³-hybridized carbons (Fsp3) is 0.333. The van der Waals surface area contributed by atoms with Gasteiger partial charge in [-0.05, 0) is 59.1 Å². The third kappa shape index (κ3) is 5.47. The second-order valence-electron chi connectivity index (χ2n) is 7.15. The predicted molar refractivity (Wildman–Crippen MR) is 117 cm³/mol. The number of carbonyl (C=O) groups is 2. The smallest absolute Gasteiger partial charge is 0.339 e. The van der Waals surface area contributed by atoms with Crippen molar-refractivity contribution in [3.63, 3.8) is 0 Å². The minimum Gasteiger partial charge on any atom is -0.452 e. The summed E-state index contributed by atoms with van der Waals surface area (Å²) < 4.78 is 28.7. The van der Waals surface area contributed by atoms with Crippen LogP contribution in [0, 0.1) is 0 Å². The number of halogens is 1. The first kappa shape index (κ1) is 22.5. The number of carbonyl (C=O) groups excluding carboxylic acids is 2. The molecule has 0 atom stereocenters. The zero-order valence-electron chi connectivity index (χ0n) is 16.3. The standard InChI is InChI=1S/C21H23BrN2O5S/c22-19-12-11-17(30(23,27)28)13-18(19)21(26)29-14-20(25)24(15-7-3-1-4-8-15)16-9-5-2-6-10-16/h1,3-4,7-8,11-13,16H,2,5-6,9-10,14H2,(H2,23,27,28). The summed E-state index contributed by atoms with van der Waals surface area (Å²) in [5.74, 6) is -1.13. The molecule has 0 heterocycles. The van der Waals surface area contributed by atoms with Crippen molar-refractivity contribution in [2.24, 2.45) is 5.14 Å². The van der Waals surface area contributed by atoms with Gasteiger partial charge in [-0.15, -0.1) is 0 Å². The zero-order chi connectivity index (χ0) is 21.7. The topological polar surface area (TPSA) is 107 Å². The molecule has 2 aromatic carbocycles. The van der Waals surface area contributed by atoms with Gasteiger partial charge in [-0.25, -0.2) is 18.4 Å². The predicted octanol–water partition coefficient (Wildman–Crippen LogP) is 3.62. The van der Waals surface area contributed by atoms with Crippen molar-refractivity contribution in [3.8, 4) is 0 Å². The number of nitrogens with zero attached hydrogens (tertiary/aromatic N) is 1. The summed E-state index contributed by atoms with van der Waals surface area (Å²) in [7, 11) is -3.97. The number of rotatable bonds is 6. The molecule has 160 valence electrons. The van der Waals surface area contributed by atoms with Crippen LogP contribution in [-0.4, -0.2) is 32.9 Å². The lowest BCUT2D eigenvalue weighted by Gasteiger charge is -2.34. The third-order valence-corrected chi connectivity index (χ3v) is 6.66. The SMILES string of the molecule is NS(=O)(=O)c1ccc(Br)c(C(=O)OCC(=O)N(c2ccccc2)C2CCCCC2)c1. The van der Waals surface area contributed by atoms with E-state index in [1.165, 1.54) is 12.1 Å². The average Bonchev–Trinajstić information content (AvgIpc) is 2.73. The largest absolute Gasteiger partial charge is 0.452 e. The highest BCUT2D eigenvalue weighted by molar-refractivity contribution is 9.10. The number of hydrogen-bond acceptors (Lipinski definition) is 5. The van der Waals surface area contributed by atoms with E-state index in [2.05, 4.69) is 15.9 Å². The van der Waals surface area contributed by atoms with Gasteiger partial charge in [0, 0.05) is 16.2 Å². The first-order chi connectivity index (χ1) is 14.3. The zero-order valence-corrected chi connectivity index (χ0v) is 18.7. The van der Waals surface area contributed by atoms with Crippen LogP contribution in [0.4, 0.5) is 5.69 Å². The number of ether oxygens (including phenoxy) is 1. The Balaban J connectivity index is 1.76. The molecule has 1 aliphatic rings. The van der Waals surface area contributed by atoms with E-state index < -0.39 is 22.6 Å². The van der Waals surface area contributed by atoms with Crippen molar-refractivity contribution in [1.29, 1.82) is 0 Å². The van der Waals surface area contributed by atoms with Crippen LogP contribution in [0.15, 0.2) is 57.9 Å². The first-order valence-electron chi connectivity index (χ1n) is 9.64. The monoisotopic (exact) mass is 494 g/mol. The number of amides is 1. The average molecular weight is 495 g/mol. The number of esters is 1. The maximum Gasteiger partial charge on any atom is 0.339 e. The molecular formula is C21H23BrN2O5S. The summed E-state index contributed by atoms with van der Waals surface area (Å²) in [6, 6.07) is 13.2. The number of anilines is 1. The number of para-hydroxylation sites is 1. The van der Waals surface area contributed by atoms with Gasteiger partial charge >= 0.3 is 5.97 Å². The van der Waals surface area contributed by atoms with Crippen molar-refractivity contribution in [3.05, 3.63) is 58.6 Å². The van der Waals surface area contributed by atoms with E-state index in [4.69, 9.17) is 9.88 Å². The molecule has 0 spiro atoms. The number of nitrogens with two attached hydrogens (primary N) is 1. The lowest BCUT2D eigenvalue weighted by Crippen LogP contribution is -2.43. The summed E-state index contributed by atoms with van der Waals surface area (Å²) in [6.45, 7) is -0.448. The molecule has 0 saturated heterocycles. The highest BCUT2D eigenvalue weighted by Gasteiger charge is 2.28. The van der Waals surface area contributed by atoms with Crippen molar-refractivity contribution >= 4 is 43.5 Å². The van der Waals surface area contributed by atoms with Crippen molar-refractivity contribution in [2.75, 3.05) is 11.5 Å². The Bertz CT molecular complexity index is 1020. The first-order valence-corrected chi connectivity index (χ1v) is 12.0. The molecule has 1 aliphatic carbocycles. The summed E-state index contributed by atoms with van der Waals surface area (Å²) in [6.07, 6.45) is 5.05. The van der Waals surface area contributed by atoms with Crippen molar-refractivity contribution in [2.45, 2.75) is 43.0 Å². The van der Waals surface area contributed by atoms with Crippen LogP contribution in [0.3, 0.4) is 0 Å². The molecule has 2 N–H and O–H groups in total. The summed E-state index contributed by atoms with van der Waals surface area (Å²) >= 11 is 3.20. The Morgan fingerprint density at radius 1 is 1.07 bits per heavy atom. The second-order valence-corrected chi connectivity index (χ2v) is 9.57. The van der Waals surface area contributed by atoms with Crippen molar-refractivity contribution < 1.29 is 22.7 Å². The lowest BCUT2D eigenvalue weighted by molar-refractivity contribution is -0.122. The van der Waals surface area contributed by atoms with E-state index in [0.29, 0.717) is 4.47 Å². The van der Waals surface area contributed by atoms with Gasteiger partial charge in [0.15, 0.2) is 6.61 Å². The van der Waals surface area contributed by atoms with Gasteiger partial charge in [-0.2, -0.15) is 0 Å². The van der Waals surface area contributed by atoms with Crippen LogP contribution in [0.1, 0.15) is 42.5 Å². The Kier molecular flexibility index (Phi) is 7.27. The highest BCUT2D eigenvalue weighted by atomic mass is 79.9. The second kappa shape index (κ2) is 9.72. The molecule has 0 unspecified atom stereocenters. The van der Waals surface area contributed by atoms with Gasteiger partial charge in [-0.1, -0.05) is 37.5 Å². The lowest BCUT2D eigenvalue weighted by atomic mass is 9.93. The minimum absolute atomic E-state index is 0.0155. The van der Waals surface area contributed by atoms with Gasteiger partial charge in [0.05, 0.1) is 10.5 Å². The van der Waals surface area contributed by atoms with Crippen LogP contribution in [0.2, 0.25) is 0 Å². The minimum atomic E-state index is -3.97. The Hall–Kier alpha value is -2.23. The van der Waals surface area contributed by atoms with Crippen LogP contribution in [-0.2, 0) is 19.6 Å². The Morgan fingerprint density at radius 2 is 1.73 bits per heavy atom. The maximum atomic E-state index is 13.0. The van der Waals surface area contributed by atoms with Crippen LogP contribution < -0.4 is 10.0 Å². The Labute approximate surface area is 184 Å². The molecule has 2 aromatic rings. The quantitative estimate of drug-likeness (QED) is 0.617.